The Morgan fingerprint density at radius 3 is 2.46 bits per heavy atom. The quantitative estimate of drug-likeness (QED) is 0.433. The summed E-state index contributed by atoms with van der Waals surface area (Å²) in [6.45, 7) is 4.87. The lowest BCUT2D eigenvalue weighted by Crippen LogP contribution is -2.60. The van der Waals surface area contributed by atoms with Crippen LogP contribution in [-0.4, -0.2) is 64.0 Å². The Morgan fingerprint density at radius 2 is 1.85 bits per heavy atom. The third-order valence-electron chi connectivity index (χ3n) is 8.74. The molecular weight excluding hydrogens is 548 g/mol. The fourth-order valence-corrected chi connectivity index (χ4v) is 6.59. The van der Waals surface area contributed by atoms with Gasteiger partial charge in [-0.05, 0) is 69.6 Å². The number of rotatable bonds is 5. The molecule has 5 rings (SSSR count). The fraction of sp³-hybridized carbons (Fsp3) is 0.536. The first-order chi connectivity index (χ1) is 19.2. The maximum Gasteiger partial charge on any atom is 0.498 e. The molecule has 3 aliphatic rings. The first-order valence-electron chi connectivity index (χ1n) is 13.6. The standard InChI is InChI=1S/C28H30F4N4O5/c1-14-12-34(13-24(37)35(14)23-11-17-4-6-19(23)8-17)26(39)20-9-18(5-7-21(20)29)10-22-15(2)16(3)25(38)33-36(22)41-27(40)28(30,31)32/h5,7,9,14,17,19,23H,4,6,8,10-13H2,1-3H3/p+1. The van der Waals surface area contributed by atoms with Gasteiger partial charge in [0.1, 0.15) is 17.2 Å². The number of fused-ring (bicyclic) bond motifs is 2. The summed E-state index contributed by atoms with van der Waals surface area (Å²) in [4.78, 5) is 58.2. The summed E-state index contributed by atoms with van der Waals surface area (Å²) >= 11 is 0. The van der Waals surface area contributed by atoms with Crippen molar-refractivity contribution in [1.29, 1.82) is 0 Å². The normalized spacial score (nSPS) is 24.2. The molecule has 2 aliphatic carbocycles. The van der Waals surface area contributed by atoms with E-state index in [0.29, 0.717) is 22.2 Å². The monoisotopic (exact) mass is 579 g/mol. The van der Waals surface area contributed by atoms with Gasteiger partial charge in [-0.3, -0.25) is 14.4 Å². The van der Waals surface area contributed by atoms with Gasteiger partial charge in [-0.25, -0.2) is 9.18 Å². The topological polar surface area (TPSA) is 104 Å². The summed E-state index contributed by atoms with van der Waals surface area (Å²) in [5.74, 6) is -3.07. The molecule has 0 radical (unpaired) electrons. The van der Waals surface area contributed by atoms with E-state index < -0.39 is 29.4 Å². The van der Waals surface area contributed by atoms with E-state index in [4.69, 9.17) is 0 Å². The molecule has 1 N–H and O–H groups in total. The Hall–Kier alpha value is -3.77. The lowest BCUT2D eigenvalue weighted by Gasteiger charge is -2.45. The number of hydrogen-bond donors (Lipinski definition) is 1. The summed E-state index contributed by atoms with van der Waals surface area (Å²) in [7, 11) is 0. The highest BCUT2D eigenvalue weighted by Gasteiger charge is 2.48. The lowest BCUT2D eigenvalue weighted by atomic mass is 9.92. The van der Waals surface area contributed by atoms with Crippen molar-refractivity contribution < 1.29 is 41.6 Å². The number of hydrogen-bond acceptors (Lipinski definition) is 5. The van der Waals surface area contributed by atoms with Crippen LogP contribution in [0.3, 0.4) is 0 Å². The summed E-state index contributed by atoms with van der Waals surface area (Å²) in [6.07, 6.45) is -1.11. The summed E-state index contributed by atoms with van der Waals surface area (Å²) in [5, 5.41) is 2.08. The van der Waals surface area contributed by atoms with Crippen molar-refractivity contribution in [2.24, 2.45) is 11.8 Å². The number of nitrogens with zero attached hydrogens (tertiary/aromatic N) is 3. The number of benzene rings is 1. The van der Waals surface area contributed by atoms with Crippen LogP contribution in [-0.2, 0) is 16.0 Å². The zero-order valence-electron chi connectivity index (χ0n) is 22.9. The minimum atomic E-state index is -5.31. The fourth-order valence-electron chi connectivity index (χ4n) is 6.59. The molecule has 4 atom stereocenters. The van der Waals surface area contributed by atoms with E-state index in [1.807, 2.05) is 11.8 Å². The molecule has 9 nitrogen and oxygen atoms in total. The third kappa shape index (κ3) is 5.45. The van der Waals surface area contributed by atoms with Gasteiger partial charge < -0.3 is 9.80 Å². The number of aromatic amines is 1. The maximum absolute atomic E-state index is 14.9. The van der Waals surface area contributed by atoms with Gasteiger partial charge in [-0.15, -0.1) is 0 Å². The van der Waals surface area contributed by atoms with Gasteiger partial charge in [0.2, 0.25) is 5.91 Å². The first kappa shape index (κ1) is 28.7. The Morgan fingerprint density at radius 1 is 1.12 bits per heavy atom. The largest absolute Gasteiger partial charge is 0.498 e. The van der Waals surface area contributed by atoms with Crippen LogP contribution >= 0.6 is 0 Å². The molecule has 41 heavy (non-hydrogen) atoms. The average molecular weight is 580 g/mol. The van der Waals surface area contributed by atoms with Crippen LogP contribution in [0.2, 0.25) is 0 Å². The number of nitrogens with one attached hydrogen (secondary N) is 1. The molecule has 1 aromatic heterocycles. The summed E-state index contributed by atoms with van der Waals surface area (Å²) in [5.41, 5.74) is -0.335. The minimum absolute atomic E-state index is 0.00650. The molecule has 1 aliphatic heterocycles. The SMILES string of the molecule is Cc1c(C)c(=O)[nH][n+](OC(=O)C(F)(F)F)c1Cc1ccc(F)c(C(=O)N2CC(=O)N(C3CC4CCC3C4)C(C)C2)c1. The Balaban J connectivity index is 1.38. The highest BCUT2D eigenvalue weighted by atomic mass is 19.4. The van der Waals surface area contributed by atoms with E-state index in [0.717, 1.165) is 25.3 Å². The molecule has 3 fully saturated rings. The number of halogens is 4. The summed E-state index contributed by atoms with van der Waals surface area (Å²) in [6, 6.07) is 3.59. The zero-order valence-corrected chi connectivity index (χ0v) is 22.9. The highest BCUT2D eigenvalue weighted by molar-refractivity contribution is 5.97. The molecule has 0 spiro atoms. The van der Waals surface area contributed by atoms with Crippen molar-refractivity contribution in [2.75, 3.05) is 13.1 Å². The minimum Gasteiger partial charge on any atom is -0.333 e. The molecule has 2 heterocycles. The third-order valence-corrected chi connectivity index (χ3v) is 8.74. The molecule has 1 saturated heterocycles. The van der Waals surface area contributed by atoms with Crippen LogP contribution in [0.15, 0.2) is 23.0 Å². The van der Waals surface area contributed by atoms with E-state index in [1.165, 1.54) is 37.3 Å². The van der Waals surface area contributed by atoms with Gasteiger partial charge in [0.25, 0.3) is 11.6 Å². The highest BCUT2D eigenvalue weighted by Crippen LogP contribution is 2.47. The number of carbonyl (C=O) groups is 3. The molecular formula is C28H31F4N4O5+. The van der Waals surface area contributed by atoms with Gasteiger partial charge >= 0.3 is 17.7 Å². The van der Waals surface area contributed by atoms with Crippen LogP contribution in [0.25, 0.3) is 0 Å². The molecule has 2 bridgehead atoms. The summed E-state index contributed by atoms with van der Waals surface area (Å²) < 4.78 is 53.5. The second-order valence-electron chi connectivity index (χ2n) is 11.4. The lowest BCUT2D eigenvalue weighted by molar-refractivity contribution is -0.921. The number of piperazine rings is 1. The molecule has 2 saturated carbocycles. The van der Waals surface area contributed by atoms with Crippen molar-refractivity contribution in [1.82, 2.24) is 14.9 Å². The Labute approximate surface area is 233 Å². The predicted octanol–water partition coefficient (Wildman–Crippen LogP) is 2.39. The first-order valence-corrected chi connectivity index (χ1v) is 13.6. The van der Waals surface area contributed by atoms with Crippen LogP contribution in [0, 0.1) is 31.5 Å². The van der Waals surface area contributed by atoms with Crippen molar-refractivity contribution in [3.8, 4) is 0 Å². The molecule has 220 valence electrons. The van der Waals surface area contributed by atoms with Crippen molar-refractivity contribution >= 4 is 17.8 Å². The van der Waals surface area contributed by atoms with E-state index in [9.17, 15) is 36.7 Å². The molecule has 2 aromatic rings. The van der Waals surface area contributed by atoms with E-state index in [-0.39, 0.29) is 59.9 Å². The molecule has 2 amide bonds. The second kappa shape index (κ2) is 10.6. The van der Waals surface area contributed by atoms with Crippen LogP contribution in [0.4, 0.5) is 17.6 Å². The molecule has 1 aromatic carbocycles. The number of amides is 2. The van der Waals surface area contributed by atoms with Gasteiger partial charge in [0, 0.05) is 29.8 Å². The van der Waals surface area contributed by atoms with Crippen LogP contribution < -0.4 is 15.2 Å². The Bertz CT molecular complexity index is 1470. The average Bonchev–Trinajstić information content (AvgIpc) is 3.53. The van der Waals surface area contributed by atoms with Crippen molar-refractivity contribution in [3.05, 3.63) is 62.3 Å². The molecule has 4 unspecified atom stereocenters. The Kier molecular flexibility index (Phi) is 7.41. The van der Waals surface area contributed by atoms with Gasteiger partial charge in [-0.2, -0.15) is 18.0 Å². The maximum atomic E-state index is 14.9. The van der Waals surface area contributed by atoms with Gasteiger partial charge in [-0.1, -0.05) is 17.6 Å². The smallest absolute Gasteiger partial charge is 0.333 e. The van der Waals surface area contributed by atoms with Crippen LogP contribution in [0.1, 0.15) is 65.3 Å². The number of H-pyrrole nitrogens is 1. The predicted molar refractivity (Wildman–Crippen MR) is 135 cm³/mol. The molecule has 13 heteroatoms. The number of carbonyl (C=O) groups excluding carboxylic acids is 3. The van der Waals surface area contributed by atoms with Gasteiger partial charge in [0.15, 0.2) is 0 Å². The van der Waals surface area contributed by atoms with E-state index >= 15 is 0 Å². The zero-order chi connectivity index (χ0) is 29.8. The van der Waals surface area contributed by atoms with E-state index in [2.05, 4.69) is 9.94 Å². The number of aromatic nitrogens is 2. The second-order valence-corrected chi connectivity index (χ2v) is 11.4. The van der Waals surface area contributed by atoms with Crippen LogP contribution in [0.5, 0.6) is 0 Å². The van der Waals surface area contributed by atoms with Crippen molar-refractivity contribution in [2.45, 2.75) is 71.1 Å². The van der Waals surface area contributed by atoms with Crippen molar-refractivity contribution in [3.63, 3.8) is 0 Å². The van der Waals surface area contributed by atoms with Gasteiger partial charge in [0.05, 0.1) is 12.0 Å². The number of alkyl halides is 3. The van der Waals surface area contributed by atoms with E-state index in [1.54, 1.807) is 0 Å².